The van der Waals surface area contributed by atoms with Gasteiger partial charge in [0.05, 0.1) is 5.56 Å². The number of carbonyl (C=O) groups excluding carboxylic acids is 4. The van der Waals surface area contributed by atoms with Crippen molar-refractivity contribution >= 4 is 51.6 Å². The molecule has 0 aromatic heterocycles. The predicted molar refractivity (Wildman–Crippen MR) is 176 cm³/mol. The quantitative estimate of drug-likeness (QED) is 0.195. The molecule has 216 valence electrons. The third kappa shape index (κ3) is 3.44. The third-order valence-corrected chi connectivity index (χ3v) is 9.25. The Hall–Kier alpha value is -6.27. The molecule has 3 aliphatic carbocycles. The maximum atomic E-state index is 14.5. The van der Waals surface area contributed by atoms with E-state index in [9.17, 15) is 19.2 Å². The average molecular weight is 596 g/mol. The van der Waals surface area contributed by atoms with Gasteiger partial charge in [0.2, 0.25) is 17.1 Å². The Balaban J connectivity index is 1.42. The van der Waals surface area contributed by atoms with Gasteiger partial charge in [0.25, 0.3) is 0 Å². The van der Waals surface area contributed by atoms with Crippen LogP contribution in [0.3, 0.4) is 0 Å². The largest absolute Gasteiger partial charge is 0.298 e. The van der Waals surface area contributed by atoms with Gasteiger partial charge in [-0.3, -0.25) is 24.1 Å². The lowest BCUT2D eigenvalue weighted by molar-refractivity contribution is 0.0910. The summed E-state index contributed by atoms with van der Waals surface area (Å²) >= 11 is 0. The van der Waals surface area contributed by atoms with Crippen LogP contribution >= 0.6 is 0 Å². The number of rotatable bonds is 2. The fraction of sp³-hybridized carbons (Fsp3) is 0.0250. The summed E-state index contributed by atoms with van der Waals surface area (Å²) < 4.78 is 1.98. The summed E-state index contributed by atoms with van der Waals surface area (Å²) in [6.07, 6.45) is 3.59. The second-order valence-corrected chi connectivity index (χ2v) is 11.6. The van der Waals surface area contributed by atoms with Crippen molar-refractivity contribution in [1.29, 1.82) is 0 Å². The van der Waals surface area contributed by atoms with E-state index in [1.165, 1.54) is 0 Å². The summed E-state index contributed by atoms with van der Waals surface area (Å²) in [5.74, 6) is -1.71. The standard InChI is InChI=1S/C40H23N2O4/c43-37-25-15-7-9-17-27(25)39(45)33-29(37)20-22-32-35(33)41(23-11-3-1-4-12-23)31-21-19-30-34(36(31)42(32)24-13-5-2-6-14-24)40(46)28-18-10-8-16-26(28)38(30)44/h1-22,33H/q+1. The van der Waals surface area contributed by atoms with E-state index in [2.05, 4.69) is 0 Å². The van der Waals surface area contributed by atoms with Crippen molar-refractivity contribution in [3.8, 4) is 0 Å². The summed E-state index contributed by atoms with van der Waals surface area (Å²) in [6, 6.07) is 36.6. The summed E-state index contributed by atoms with van der Waals surface area (Å²) in [7, 11) is 0. The molecule has 0 radical (unpaired) electrons. The van der Waals surface area contributed by atoms with E-state index >= 15 is 0 Å². The molecule has 5 aromatic carbocycles. The monoisotopic (exact) mass is 595 g/mol. The van der Waals surface area contributed by atoms with Crippen LogP contribution in [-0.2, 0) is 0 Å². The summed E-state index contributed by atoms with van der Waals surface area (Å²) in [4.78, 5) is 58.7. The minimum Gasteiger partial charge on any atom is -0.298 e. The maximum absolute atomic E-state index is 14.5. The van der Waals surface area contributed by atoms with E-state index in [4.69, 9.17) is 0 Å². The van der Waals surface area contributed by atoms with Gasteiger partial charge in [0.15, 0.2) is 23.1 Å². The van der Waals surface area contributed by atoms with Crippen molar-refractivity contribution in [2.75, 3.05) is 4.90 Å². The first-order valence-corrected chi connectivity index (χ1v) is 15.1. The van der Waals surface area contributed by atoms with E-state index in [1.54, 1.807) is 60.7 Å². The number of fused-ring (bicyclic) bond motifs is 8. The zero-order valence-electron chi connectivity index (χ0n) is 24.3. The second-order valence-electron chi connectivity index (χ2n) is 11.6. The Morgan fingerprint density at radius 2 is 1.11 bits per heavy atom. The van der Waals surface area contributed by atoms with Gasteiger partial charge in [-0.25, -0.2) is 0 Å². The second kappa shape index (κ2) is 9.61. The van der Waals surface area contributed by atoms with Crippen LogP contribution in [0.4, 0.5) is 22.7 Å². The highest BCUT2D eigenvalue weighted by Gasteiger charge is 2.52. The van der Waals surface area contributed by atoms with Gasteiger partial charge in [0.1, 0.15) is 17.3 Å². The molecular formula is C40H23N2O4+. The molecule has 0 spiro atoms. The normalized spacial score (nSPS) is 17.7. The SMILES string of the molecule is O=C1C2=CC=C3C(=[N+](c4ccccc4)c4ccc5c(c4N3c3ccccc3)C(=O)c3ccccc3C5=O)C2C(=O)c2ccccc21. The van der Waals surface area contributed by atoms with Crippen LogP contribution in [0.1, 0.15) is 52.6 Å². The smallest absolute Gasteiger partial charge is 0.236 e. The van der Waals surface area contributed by atoms with Crippen LogP contribution < -0.4 is 9.48 Å². The van der Waals surface area contributed by atoms with E-state index in [1.807, 2.05) is 82.3 Å². The van der Waals surface area contributed by atoms with E-state index in [-0.39, 0.29) is 23.1 Å². The Morgan fingerprint density at radius 3 is 1.80 bits per heavy atom. The lowest BCUT2D eigenvalue weighted by Gasteiger charge is -2.38. The number of nitrogens with zero attached hydrogens (tertiary/aromatic N) is 2. The van der Waals surface area contributed by atoms with Gasteiger partial charge in [-0.1, -0.05) is 91.0 Å². The van der Waals surface area contributed by atoms with Gasteiger partial charge in [-0.15, -0.1) is 0 Å². The molecule has 1 atom stereocenters. The molecule has 1 heterocycles. The molecular weight excluding hydrogens is 572 g/mol. The number of hydrogen-bond donors (Lipinski definition) is 0. The van der Waals surface area contributed by atoms with Crippen molar-refractivity contribution < 1.29 is 19.2 Å². The fourth-order valence-corrected chi connectivity index (χ4v) is 7.27. The minimum absolute atomic E-state index is 0.169. The van der Waals surface area contributed by atoms with Gasteiger partial charge < -0.3 is 0 Å². The van der Waals surface area contributed by atoms with Crippen LogP contribution in [0.2, 0.25) is 0 Å². The van der Waals surface area contributed by atoms with Crippen molar-refractivity contribution in [1.82, 2.24) is 4.58 Å². The van der Waals surface area contributed by atoms with E-state index < -0.39 is 5.92 Å². The maximum Gasteiger partial charge on any atom is 0.236 e. The molecule has 0 saturated carbocycles. The summed E-state index contributed by atoms with van der Waals surface area (Å²) in [5, 5.41) is 0. The first-order chi connectivity index (χ1) is 22.5. The number of anilines is 2. The van der Waals surface area contributed by atoms with E-state index in [0.717, 1.165) is 11.4 Å². The van der Waals surface area contributed by atoms with Gasteiger partial charge in [0, 0.05) is 57.3 Å². The number of allylic oxidation sites excluding steroid dienone is 4. The van der Waals surface area contributed by atoms with Crippen molar-refractivity contribution in [2.24, 2.45) is 5.92 Å². The number of hydrogen-bond acceptors (Lipinski definition) is 5. The van der Waals surface area contributed by atoms with Crippen LogP contribution in [0.25, 0.3) is 0 Å². The summed E-state index contributed by atoms with van der Waals surface area (Å²) in [6.45, 7) is 0. The molecule has 46 heavy (non-hydrogen) atoms. The highest BCUT2D eigenvalue weighted by Crippen LogP contribution is 2.51. The predicted octanol–water partition coefficient (Wildman–Crippen LogP) is 7.41. The Labute approximate surface area is 263 Å². The highest BCUT2D eigenvalue weighted by molar-refractivity contribution is 6.36. The fourth-order valence-electron chi connectivity index (χ4n) is 7.27. The van der Waals surface area contributed by atoms with Crippen LogP contribution in [0.15, 0.2) is 145 Å². The molecule has 1 unspecified atom stereocenters. The zero-order chi connectivity index (χ0) is 31.1. The molecule has 0 amide bonds. The van der Waals surface area contributed by atoms with Crippen LogP contribution in [0, 0.1) is 5.92 Å². The lowest BCUT2D eigenvalue weighted by atomic mass is 9.72. The van der Waals surface area contributed by atoms with Crippen molar-refractivity contribution in [3.63, 3.8) is 0 Å². The Morgan fingerprint density at radius 1 is 0.522 bits per heavy atom. The summed E-state index contributed by atoms with van der Waals surface area (Å²) in [5.41, 5.74) is 6.47. The molecule has 1 aliphatic heterocycles. The molecule has 0 bridgehead atoms. The van der Waals surface area contributed by atoms with Gasteiger partial charge in [-0.2, -0.15) is 4.58 Å². The minimum atomic E-state index is -0.893. The Kier molecular flexibility index (Phi) is 5.47. The van der Waals surface area contributed by atoms with Gasteiger partial charge in [-0.05, 0) is 24.3 Å². The first-order valence-electron chi connectivity index (χ1n) is 15.1. The number of Topliss-reactive ketones (excluding diaryl/α,β-unsaturated/α-hetero) is 2. The highest BCUT2D eigenvalue weighted by atomic mass is 16.1. The molecule has 5 aromatic rings. The number of ketones is 4. The molecule has 6 nitrogen and oxygen atoms in total. The molecule has 0 fully saturated rings. The van der Waals surface area contributed by atoms with Crippen LogP contribution in [-0.4, -0.2) is 28.8 Å². The molecule has 6 heteroatoms. The lowest BCUT2D eigenvalue weighted by Crippen LogP contribution is -2.47. The third-order valence-electron chi connectivity index (χ3n) is 9.25. The zero-order valence-corrected chi connectivity index (χ0v) is 24.3. The number of benzene rings is 5. The van der Waals surface area contributed by atoms with Crippen molar-refractivity contribution in [2.45, 2.75) is 0 Å². The average Bonchev–Trinajstić information content (AvgIpc) is 3.11. The Bertz CT molecular complexity index is 2330. The molecule has 0 saturated heterocycles. The van der Waals surface area contributed by atoms with Gasteiger partial charge >= 0.3 is 0 Å². The molecule has 0 N–H and O–H groups in total. The van der Waals surface area contributed by atoms with Crippen molar-refractivity contribution in [3.05, 3.63) is 178 Å². The topological polar surface area (TPSA) is 74.5 Å². The molecule has 4 aliphatic rings. The first kappa shape index (κ1) is 26.2. The van der Waals surface area contributed by atoms with E-state index in [0.29, 0.717) is 61.7 Å². The van der Waals surface area contributed by atoms with Crippen LogP contribution in [0.5, 0.6) is 0 Å². The number of para-hydroxylation sites is 2. The molecule has 9 rings (SSSR count). The number of carbonyl (C=O) groups is 4.